The van der Waals surface area contributed by atoms with Crippen LogP contribution in [0.25, 0.3) is 0 Å². The van der Waals surface area contributed by atoms with Crippen LogP contribution in [0.3, 0.4) is 0 Å². The van der Waals surface area contributed by atoms with Gasteiger partial charge in [0.05, 0.1) is 6.10 Å². The molecule has 0 radical (unpaired) electrons. The molecular weight excluding hydrogens is 280 g/mol. The largest absolute Gasteiger partial charge is 0.365 e. The number of anilines is 1. The standard InChI is InChI=1S/C15H20N6O/c1-9-6-16-15(17-7-9)18-8-11-4-5-12(22-11)14-19-13(20-21-14)10-2-3-10/h6-7,10-12H,2-5,8H2,1H3,(H,16,17,18)(H,19,20,21)/t11-,12+/m1/s1. The van der Waals surface area contributed by atoms with Crippen LogP contribution in [-0.4, -0.2) is 37.8 Å². The van der Waals surface area contributed by atoms with Gasteiger partial charge in [0.2, 0.25) is 5.95 Å². The smallest absolute Gasteiger partial charge is 0.222 e. The summed E-state index contributed by atoms with van der Waals surface area (Å²) in [6.07, 6.45) is 8.21. The number of H-pyrrole nitrogens is 1. The zero-order chi connectivity index (χ0) is 14.9. The maximum absolute atomic E-state index is 6.05. The lowest BCUT2D eigenvalue weighted by Crippen LogP contribution is -2.20. The minimum absolute atomic E-state index is 0.0331. The maximum atomic E-state index is 6.05. The van der Waals surface area contributed by atoms with Gasteiger partial charge in [0, 0.05) is 24.9 Å². The second-order valence-corrected chi connectivity index (χ2v) is 6.14. The number of rotatable bonds is 5. The van der Waals surface area contributed by atoms with E-state index >= 15 is 0 Å². The summed E-state index contributed by atoms with van der Waals surface area (Å²) in [4.78, 5) is 13.1. The first-order valence-corrected chi connectivity index (χ1v) is 7.88. The van der Waals surface area contributed by atoms with Crippen LogP contribution in [0.15, 0.2) is 12.4 Å². The summed E-state index contributed by atoms with van der Waals surface area (Å²) < 4.78 is 6.05. The van der Waals surface area contributed by atoms with Crippen molar-refractivity contribution in [3.05, 3.63) is 29.6 Å². The Morgan fingerprint density at radius 3 is 2.82 bits per heavy atom. The predicted molar refractivity (Wildman–Crippen MR) is 80.5 cm³/mol. The van der Waals surface area contributed by atoms with Crippen LogP contribution in [0.5, 0.6) is 0 Å². The molecule has 116 valence electrons. The Bertz CT molecular complexity index is 636. The molecule has 3 heterocycles. The molecule has 1 aliphatic heterocycles. The van der Waals surface area contributed by atoms with E-state index in [1.807, 2.05) is 19.3 Å². The molecule has 1 aliphatic carbocycles. The van der Waals surface area contributed by atoms with Crippen molar-refractivity contribution in [2.75, 3.05) is 11.9 Å². The molecule has 2 aromatic rings. The van der Waals surface area contributed by atoms with Gasteiger partial charge in [0.25, 0.3) is 0 Å². The van der Waals surface area contributed by atoms with E-state index in [2.05, 4.69) is 30.5 Å². The highest BCUT2D eigenvalue weighted by Crippen LogP contribution is 2.39. The minimum Gasteiger partial charge on any atom is -0.365 e. The van der Waals surface area contributed by atoms with Crippen LogP contribution >= 0.6 is 0 Å². The quantitative estimate of drug-likeness (QED) is 0.879. The molecule has 0 unspecified atom stereocenters. The molecule has 22 heavy (non-hydrogen) atoms. The molecule has 1 saturated carbocycles. The molecule has 7 heteroatoms. The molecule has 4 rings (SSSR count). The fourth-order valence-corrected chi connectivity index (χ4v) is 2.70. The van der Waals surface area contributed by atoms with E-state index in [4.69, 9.17) is 4.74 Å². The van der Waals surface area contributed by atoms with E-state index in [-0.39, 0.29) is 12.2 Å². The van der Waals surface area contributed by atoms with Crippen LogP contribution < -0.4 is 5.32 Å². The topological polar surface area (TPSA) is 88.6 Å². The van der Waals surface area contributed by atoms with Gasteiger partial charge in [-0.25, -0.2) is 15.0 Å². The van der Waals surface area contributed by atoms with Crippen molar-refractivity contribution < 1.29 is 4.74 Å². The van der Waals surface area contributed by atoms with Crippen molar-refractivity contribution >= 4 is 5.95 Å². The first-order chi connectivity index (χ1) is 10.8. The summed E-state index contributed by atoms with van der Waals surface area (Å²) in [5.74, 6) is 3.04. The number of ether oxygens (including phenoxy) is 1. The Labute approximate surface area is 128 Å². The molecule has 0 aromatic carbocycles. The number of nitrogens with zero attached hydrogens (tertiary/aromatic N) is 4. The molecule has 2 aromatic heterocycles. The number of nitrogens with one attached hydrogen (secondary N) is 2. The Hall–Kier alpha value is -2.02. The van der Waals surface area contributed by atoms with Crippen LogP contribution in [0.2, 0.25) is 0 Å². The van der Waals surface area contributed by atoms with E-state index in [1.165, 1.54) is 12.8 Å². The number of aromatic amines is 1. The average molecular weight is 300 g/mol. The zero-order valence-corrected chi connectivity index (χ0v) is 12.6. The highest BCUT2D eigenvalue weighted by Gasteiger charge is 2.32. The van der Waals surface area contributed by atoms with Crippen molar-refractivity contribution in [2.45, 2.75) is 50.7 Å². The summed E-state index contributed by atoms with van der Waals surface area (Å²) in [5, 5.41) is 10.6. The second kappa shape index (κ2) is 5.64. The number of hydrogen-bond donors (Lipinski definition) is 2. The third-order valence-corrected chi connectivity index (χ3v) is 4.14. The van der Waals surface area contributed by atoms with Gasteiger partial charge in [-0.1, -0.05) is 0 Å². The molecule has 2 atom stereocenters. The summed E-state index contributed by atoms with van der Waals surface area (Å²) in [6, 6.07) is 0. The predicted octanol–water partition coefficient (Wildman–Crippen LogP) is 2.11. The molecule has 0 amide bonds. The monoisotopic (exact) mass is 300 g/mol. The normalized spacial score (nSPS) is 24.6. The van der Waals surface area contributed by atoms with Gasteiger partial charge in [-0.15, -0.1) is 0 Å². The Morgan fingerprint density at radius 2 is 2.05 bits per heavy atom. The third-order valence-electron chi connectivity index (χ3n) is 4.14. The van der Waals surface area contributed by atoms with E-state index in [1.54, 1.807) is 0 Å². The highest BCUT2D eigenvalue weighted by atomic mass is 16.5. The van der Waals surface area contributed by atoms with E-state index < -0.39 is 0 Å². The first-order valence-electron chi connectivity index (χ1n) is 7.88. The van der Waals surface area contributed by atoms with E-state index in [0.717, 1.165) is 30.1 Å². The SMILES string of the molecule is Cc1cnc(NC[C@H]2CC[C@@H](c3nc(C4CC4)n[nH]3)O2)nc1. The Kier molecular flexibility index (Phi) is 3.49. The highest BCUT2D eigenvalue weighted by molar-refractivity contribution is 5.24. The lowest BCUT2D eigenvalue weighted by molar-refractivity contribution is 0.0471. The van der Waals surface area contributed by atoms with Gasteiger partial charge >= 0.3 is 0 Å². The molecule has 0 spiro atoms. The van der Waals surface area contributed by atoms with Gasteiger partial charge < -0.3 is 10.1 Å². The minimum atomic E-state index is 0.0331. The van der Waals surface area contributed by atoms with Crippen molar-refractivity contribution in [3.63, 3.8) is 0 Å². The van der Waals surface area contributed by atoms with Crippen molar-refractivity contribution in [3.8, 4) is 0 Å². The lowest BCUT2D eigenvalue weighted by atomic mass is 10.2. The van der Waals surface area contributed by atoms with Gasteiger partial charge in [-0.3, -0.25) is 5.10 Å². The van der Waals surface area contributed by atoms with Crippen molar-refractivity contribution in [1.82, 2.24) is 25.1 Å². The van der Waals surface area contributed by atoms with E-state index in [0.29, 0.717) is 18.4 Å². The van der Waals surface area contributed by atoms with Crippen LogP contribution in [-0.2, 0) is 4.74 Å². The van der Waals surface area contributed by atoms with Crippen LogP contribution in [0, 0.1) is 6.92 Å². The third kappa shape index (κ3) is 2.94. The van der Waals surface area contributed by atoms with Crippen molar-refractivity contribution in [1.29, 1.82) is 0 Å². The molecule has 1 saturated heterocycles. The molecule has 2 aliphatic rings. The van der Waals surface area contributed by atoms with Crippen molar-refractivity contribution in [2.24, 2.45) is 0 Å². The molecule has 0 bridgehead atoms. The second-order valence-electron chi connectivity index (χ2n) is 6.14. The van der Waals surface area contributed by atoms with Gasteiger partial charge in [-0.2, -0.15) is 5.10 Å². The summed E-state index contributed by atoms with van der Waals surface area (Å²) in [5.41, 5.74) is 1.06. The summed E-state index contributed by atoms with van der Waals surface area (Å²) in [6.45, 7) is 2.69. The zero-order valence-electron chi connectivity index (χ0n) is 12.6. The summed E-state index contributed by atoms with van der Waals surface area (Å²) >= 11 is 0. The molecule has 7 nitrogen and oxygen atoms in total. The summed E-state index contributed by atoms with van der Waals surface area (Å²) in [7, 11) is 0. The number of hydrogen-bond acceptors (Lipinski definition) is 6. The Balaban J connectivity index is 1.30. The molecule has 2 fully saturated rings. The molecule has 2 N–H and O–H groups in total. The fraction of sp³-hybridized carbons (Fsp3) is 0.600. The molecular formula is C15H20N6O. The number of aromatic nitrogens is 5. The first kappa shape index (κ1) is 13.6. The van der Waals surface area contributed by atoms with Crippen LogP contribution in [0.4, 0.5) is 5.95 Å². The van der Waals surface area contributed by atoms with Gasteiger partial charge in [0.1, 0.15) is 6.10 Å². The fourth-order valence-electron chi connectivity index (χ4n) is 2.70. The van der Waals surface area contributed by atoms with Gasteiger partial charge in [-0.05, 0) is 38.2 Å². The maximum Gasteiger partial charge on any atom is 0.222 e. The van der Waals surface area contributed by atoms with E-state index in [9.17, 15) is 0 Å². The average Bonchev–Trinajstić information content (AvgIpc) is 3.08. The van der Waals surface area contributed by atoms with Gasteiger partial charge in [0.15, 0.2) is 11.6 Å². The Morgan fingerprint density at radius 1 is 1.23 bits per heavy atom. The lowest BCUT2D eigenvalue weighted by Gasteiger charge is -2.12. The number of aryl methyl sites for hydroxylation is 1. The van der Waals surface area contributed by atoms with Crippen LogP contribution in [0.1, 0.15) is 54.9 Å².